The lowest BCUT2D eigenvalue weighted by Crippen LogP contribution is -2.43. The molecule has 8 heteroatoms. The van der Waals surface area contributed by atoms with Crippen LogP contribution in [0.5, 0.6) is 5.88 Å². The highest BCUT2D eigenvalue weighted by molar-refractivity contribution is 5.69. The van der Waals surface area contributed by atoms with Gasteiger partial charge in [0.25, 0.3) is 0 Å². The first-order valence-electron chi connectivity index (χ1n) is 11.1. The molecule has 0 bridgehead atoms. The van der Waals surface area contributed by atoms with Gasteiger partial charge in [0.05, 0.1) is 24.5 Å². The van der Waals surface area contributed by atoms with Crippen molar-refractivity contribution in [3.8, 4) is 17.0 Å². The number of aromatic nitrogens is 5. The Kier molecular flexibility index (Phi) is 5.99. The van der Waals surface area contributed by atoms with Crippen LogP contribution in [-0.2, 0) is 13.5 Å². The Labute approximate surface area is 193 Å². The molecule has 0 unspecified atom stereocenters. The van der Waals surface area contributed by atoms with Crippen LogP contribution >= 0.6 is 0 Å². The molecule has 5 rings (SSSR count). The minimum atomic E-state index is -0.106. The lowest BCUT2D eigenvalue weighted by molar-refractivity contribution is 0.150. The van der Waals surface area contributed by atoms with Crippen molar-refractivity contribution in [1.29, 1.82) is 0 Å². The van der Waals surface area contributed by atoms with Crippen LogP contribution in [0.2, 0.25) is 0 Å². The van der Waals surface area contributed by atoms with Gasteiger partial charge >= 0.3 is 0 Å². The van der Waals surface area contributed by atoms with Gasteiger partial charge in [-0.3, -0.25) is 4.68 Å². The molecule has 1 aliphatic rings. The molecule has 1 aromatic carbocycles. The first-order valence-corrected chi connectivity index (χ1v) is 11.1. The Hall–Kier alpha value is -3.78. The van der Waals surface area contributed by atoms with Crippen molar-refractivity contribution in [2.45, 2.75) is 25.5 Å². The zero-order chi connectivity index (χ0) is 22.6. The van der Waals surface area contributed by atoms with Gasteiger partial charge in [0, 0.05) is 43.0 Å². The second-order valence-corrected chi connectivity index (χ2v) is 8.25. The lowest BCUT2D eigenvalue weighted by Gasteiger charge is -2.33. The van der Waals surface area contributed by atoms with Crippen LogP contribution in [0.25, 0.3) is 11.1 Å². The van der Waals surface area contributed by atoms with Crippen LogP contribution < -0.4 is 15.4 Å². The number of fused-ring (bicyclic) bond motifs is 1. The van der Waals surface area contributed by atoms with E-state index in [4.69, 9.17) is 4.74 Å². The molecular weight excluding hydrogens is 414 g/mol. The molecule has 2 atom stereocenters. The molecular formula is C25H27N7O. The van der Waals surface area contributed by atoms with E-state index < -0.39 is 0 Å². The number of hydrogen-bond acceptors (Lipinski definition) is 7. The number of nitrogens with one attached hydrogen (secondary N) is 2. The number of ether oxygens (including phenoxy) is 1. The number of anilines is 1. The summed E-state index contributed by atoms with van der Waals surface area (Å²) in [6, 6.07) is 12.5. The van der Waals surface area contributed by atoms with Gasteiger partial charge in [-0.25, -0.2) is 15.0 Å². The second-order valence-electron chi connectivity index (χ2n) is 8.25. The molecule has 4 heterocycles. The summed E-state index contributed by atoms with van der Waals surface area (Å²) in [5.74, 6) is 1.40. The van der Waals surface area contributed by atoms with Crippen LogP contribution in [0.3, 0.4) is 0 Å². The Balaban J connectivity index is 1.31. The summed E-state index contributed by atoms with van der Waals surface area (Å²) in [5.41, 5.74) is 5.23. The molecule has 0 spiro atoms. The predicted octanol–water partition coefficient (Wildman–Crippen LogP) is 3.33. The maximum atomic E-state index is 6.38. The summed E-state index contributed by atoms with van der Waals surface area (Å²) in [6.45, 7) is 3.35. The third-order valence-electron chi connectivity index (χ3n) is 5.79. The average molecular weight is 442 g/mol. The number of nitrogens with zero attached hydrogens (tertiary/aromatic N) is 5. The predicted molar refractivity (Wildman–Crippen MR) is 127 cm³/mol. The van der Waals surface area contributed by atoms with E-state index in [1.165, 1.54) is 5.56 Å². The van der Waals surface area contributed by atoms with Crippen molar-refractivity contribution in [3.63, 3.8) is 0 Å². The summed E-state index contributed by atoms with van der Waals surface area (Å²) in [4.78, 5) is 13.2. The molecule has 33 heavy (non-hydrogen) atoms. The van der Waals surface area contributed by atoms with Gasteiger partial charge in [-0.05, 0) is 37.1 Å². The third kappa shape index (κ3) is 4.85. The summed E-state index contributed by atoms with van der Waals surface area (Å²) < 4.78 is 8.17. The average Bonchev–Trinajstić information content (AvgIpc) is 3.29. The maximum Gasteiger partial charge on any atom is 0.237 e. The molecule has 168 valence electrons. The van der Waals surface area contributed by atoms with E-state index in [1.807, 2.05) is 51.0 Å². The first kappa shape index (κ1) is 21.1. The van der Waals surface area contributed by atoms with Crippen molar-refractivity contribution in [1.82, 2.24) is 30.0 Å². The summed E-state index contributed by atoms with van der Waals surface area (Å²) in [7, 11) is 1.91. The van der Waals surface area contributed by atoms with Crippen LogP contribution in [0.1, 0.15) is 23.0 Å². The van der Waals surface area contributed by atoms with Gasteiger partial charge in [-0.15, -0.1) is 0 Å². The fourth-order valence-corrected chi connectivity index (χ4v) is 4.03. The molecule has 3 aromatic heterocycles. The Morgan fingerprint density at radius 1 is 1.09 bits per heavy atom. The summed E-state index contributed by atoms with van der Waals surface area (Å²) in [5, 5.41) is 11.4. The quantitative estimate of drug-likeness (QED) is 0.455. The molecule has 4 aromatic rings. The Bertz CT molecular complexity index is 1210. The van der Waals surface area contributed by atoms with Gasteiger partial charge in [0.1, 0.15) is 11.9 Å². The Morgan fingerprint density at radius 3 is 2.67 bits per heavy atom. The van der Waals surface area contributed by atoms with Crippen LogP contribution in [0, 0.1) is 6.92 Å². The fraction of sp³-hybridized carbons (Fsp3) is 0.280. The largest absolute Gasteiger partial charge is 0.469 e. The highest BCUT2D eigenvalue weighted by atomic mass is 16.5. The summed E-state index contributed by atoms with van der Waals surface area (Å²) >= 11 is 0. The molecule has 8 nitrogen and oxygen atoms in total. The fourth-order valence-electron chi connectivity index (χ4n) is 4.03. The minimum absolute atomic E-state index is 0.0121. The summed E-state index contributed by atoms with van der Waals surface area (Å²) in [6.07, 6.45) is 10.2. The number of benzene rings is 1. The zero-order valence-electron chi connectivity index (χ0n) is 18.8. The lowest BCUT2D eigenvalue weighted by atomic mass is 9.99. The standard InChI is InChI=1S/C25H27N7O/c1-17-27-11-18(12-28-17)8-9-26-24(19-6-4-3-5-7-19)23-15-29-22-10-20(13-30-25(22)33-23)21-14-31-32(2)16-21/h3-7,10-14,16,23-24,26,29H,8-9,15H2,1-2H3/t23-,24+/m0/s1. The SMILES string of the molecule is Cc1ncc(CCN[C@H](c2ccccc2)[C@@H]2CNc3cc(-c4cnn(C)c4)cnc3O2)cn1. The molecule has 0 saturated heterocycles. The van der Waals surface area contributed by atoms with Gasteiger partial charge in [-0.2, -0.15) is 5.10 Å². The van der Waals surface area contributed by atoms with E-state index in [2.05, 4.69) is 61.0 Å². The zero-order valence-corrected chi connectivity index (χ0v) is 18.8. The minimum Gasteiger partial charge on any atom is -0.469 e. The second kappa shape index (κ2) is 9.38. The van der Waals surface area contributed by atoms with Crippen LogP contribution in [0.15, 0.2) is 67.4 Å². The number of aryl methyl sites for hydroxylation is 2. The van der Waals surface area contributed by atoms with Crippen molar-refractivity contribution in [2.24, 2.45) is 7.05 Å². The number of hydrogen-bond donors (Lipinski definition) is 2. The topological polar surface area (TPSA) is 89.8 Å². The number of pyridine rings is 1. The van der Waals surface area contributed by atoms with E-state index in [0.29, 0.717) is 12.4 Å². The van der Waals surface area contributed by atoms with Gasteiger partial charge in [0.2, 0.25) is 5.88 Å². The molecule has 1 aliphatic heterocycles. The van der Waals surface area contributed by atoms with Crippen molar-refractivity contribution < 1.29 is 4.74 Å². The van der Waals surface area contributed by atoms with E-state index in [0.717, 1.165) is 41.2 Å². The van der Waals surface area contributed by atoms with Crippen molar-refractivity contribution >= 4 is 5.69 Å². The smallest absolute Gasteiger partial charge is 0.237 e. The monoisotopic (exact) mass is 441 g/mol. The van der Waals surface area contributed by atoms with Crippen molar-refractivity contribution in [3.05, 3.63) is 84.3 Å². The third-order valence-corrected chi connectivity index (χ3v) is 5.79. The van der Waals surface area contributed by atoms with Gasteiger partial charge in [-0.1, -0.05) is 30.3 Å². The number of rotatable bonds is 7. The Morgan fingerprint density at radius 2 is 1.91 bits per heavy atom. The highest BCUT2D eigenvalue weighted by Gasteiger charge is 2.29. The molecule has 0 saturated carbocycles. The normalized spacial score (nSPS) is 15.9. The highest BCUT2D eigenvalue weighted by Crippen LogP contribution is 2.34. The van der Waals surface area contributed by atoms with Crippen LogP contribution in [-0.4, -0.2) is 43.9 Å². The van der Waals surface area contributed by atoms with E-state index in [9.17, 15) is 0 Å². The molecule has 0 amide bonds. The molecule has 2 N–H and O–H groups in total. The van der Waals surface area contributed by atoms with Gasteiger partial charge in [0.15, 0.2) is 0 Å². The van der Waals surface area contributed by atoms with E-state index in [1.54, 1.807) is 4.68 Å². The van der Waals surface area contributed by atoms with E-state index in [-0.39, 0.29) is 12.1 Å². The molecule has 0 fully saturated rings. The van der Waals surface area contributed by atoms with Crippen molar-refractivity contribution in [2.75, 3.05) is 18.4 Å². The maximum absolute atomic E-state index is 6.38. The van der Waals surface area contributed by atoms with Gasteiger partial charge < -0.3 is 15.4 Å². The van der Waals surface area contributed by atoms with Crippen LogP contribution in [0.4, 0.5) is 5.69 Å². The molecule has 0 radical (unpaired) electrons. The first-order chi connectivity index (χ1) is 16.2. The molecule has 0 aliphatic carbocycles. The van der Waals surface area contributed by atoms with E-state index >= 15 is 0 Å².